The van der Waals surface area contributed by atoms with E-state index in [1.54, 1.807) is 0 Å². The Balaban J connectivity index is 1.82. The Hall–Kier alpha value is -0.610. The van der Waals surface area contributed by atoms with E-state index in [1.807, 2.05) is 6.92 Å². The van der Waals surface area contributed by atoms with Crippen LogP contribution in [0.25, 0.3) is 0 Å². The molecule has 1 heterocycles. The van der Waals surface area contributed by atoms with Gasteiger partial charge < -0.3 is 11.1 Å². The van der Waals surface area contributed by atoms with Gasteiger partial charge in [0.2, 0.25) is 5.91 Å². The molecule has 2 rings (SSSR count). The molecule has 1 aliphatic carbocycles. The molecule has 3 N–H and O–H groups in total. The fourth-order valence-corrected chi connectivity index (χ4v) is 2.11. The Morgan fingerprint density at radius 3 is 2.80 bits per heavy atom. The first-order valence-electron chi connectivity index (χ1n) is 5.97. The van der Waals surface area contributed by atoms with E-state index >= 15 is 0 Å². The Morgan fingerprint density at radius 2 is 2.20 bits per heavy atom. The van der Waals surface area contributed by atoms with Crippen LogP contribution in [0.3, 0.4) is 0 Å². The second-order valence-electron chi connectivity index (χ2n) is 4.86. The molecule has 2 fully saturated rings. The zero-order chi connectivity index (χ0) is 10.8. The molecule has 0 radical (unpaired) electrons. The third kappa shape index (κ3) is 2.92. The number of amides is 1. The van der Waals surface area contributed by atoms with Crippen molar-refractivity contribution in [2.75, 3.05) is 13.1 Å². The quantitative estimate of drug-likeness (QED) is 0.695. The number of rotatable bonds is 3. The van der Waals surface area contributed by atoms with Crippen molar-refractivity contribution in [1.82, 2.24) is 10.2 Å². The third-order valence-electron chi connectivity index (χ3n) is 3.34. The van der Waals surface area contributed by atoms with Crippen molar-refractivity contribution >= 4 is 5.91 Å². The van der Waals surface area contributed by atoms with Gasteiger partial charge in [-0.05, 0) is 39.2 Å². The molecule has 1 saturated carbocycles. The minimum absolute atomic E-state index is 0.0167. The molecule has 1 saturated heterocycles. The Morgan fingerprint density at radius 1 is 1.47 bits per heavy atom. The molecule has 4 nitrogen and oxygen atoms in total. The van der Waals surface area contributed by atoms with Crippen molar-refractivity contribution in [2.24, 2.45) is 5.73 Å². The number of likely N-dealkylation sites (tertiary alicyclic amines) is 1. The topological polar surface area (TPSA) is 58.4 Å². The molecular formula is C11H21N3O. The number of carbonyl (C=O) groups excluding carboxylic acids is 1. The van der Waals surface area contributed by atoms with Crippen molar-refractivity contribution < 1.29 is 4.79 Å². The molecule has 2 atom stereocenters. The Kier molecular flexibility index (Phi) is 3.26. The summed E-state index contributed by atoms with van der Waals surface area (Å²) in [5.41, 5.74) is 5.90. The lowest BCUT2D eigenvalue weighted by atomic mass is 10.0. The highest BCUT2D eigenvalue weighted by atomic mass is 16.2. The molecule has 4 heteroatoms. The largest absolute Gasteiger partial charge is 0.352 e. The van der Waals surface area contributed by atoms with Gasteiger partial charge in [0, 0.05) is 18.6 Å². The molecule has 1 amide bonds. The summed E-state index contributed by atoms with van der Waals surface area (Å²) in [6, 6.07) is 0.685. The minimum atomic E-state index is -0.0167. The molecule has 2 aliphatic rings. The summed E-state index contributed by atoms with van der Waals surface area (Å²) in [5, 5.41) is 3.04. The highest BCUT2D eigenvalue weighted by molar-refractivity contribution is 5.81. The summed E-state index contributed by atoms with van der Waals surface area (Å²) in [4.78, 5) is 14.0. The maximum atomic E-state index is 11.8. The second-order valence-corrected chi connectivity index (χ2v) is 4.86. The van der Waals surface area contributed by atoms with Crippen LogP contribution in [0.15, 0.2) is 0 Å². The van der Waals surface area contributed by atoms with E-state index < -0.39 is 0 Å². The zero-order valence-electron chi connectivity index (χ0n) is 9.41. The van der Waals surface area contributed by atoms with Crippen LogP contribution in [-0.2, 0) is 4.79 Å². The third-order valence-corrected chi connectivity index (χ3v) is 3.34. The molecular weight excluding hydrogens is 190 g/mol. The molecule has 0 bridgehead atoms. The van der Waals surface area contributed by atoms with Crippen LogP contribution in [0.2, 0.25) is 0 Å². The zero-order valence-corrected chi connectivity index (χ0v) is 9.41. The van der Waals surface area contributed by atoms with Gasteiger partial charge in [-0.15, -0.1) is 0 Å². The van der Waals surface area contributed by atoms with Gasteiger partial charge in [0.25, 0.3) is 0 Å². The van der Waals surface area contributed by atoms with Gasteiger partial charge >= 0.3 is 0 Å². The van der Waals surface area contributed by atoms with Gasteiger partial charge in [0.15, 0.2) is 0 Å². The molecule has 0 aromatic carbocycles. The number of nitrogens with one attached hydrogen (secondary N) is 1. The minimum Gasteiger partial charge on any atom is -0.352 e. The van der Waals surface area contributed by atoms with Gasteiger partial charge in [-0.3, -0.25) is 9.69 Å². The van der Waals surface area contributed by atoms with E-state index in [2.05, 4.69) is 10.2 Å². The summed E-state index contributed by atoms with van der Waals surface area (Å²) in [5.74, 6) is 0.173. The van der Waals surface area contributed by atoms with Crippen LogP contribution in [0.1, 0.15) is 32.6 Å². The van der Waals surface area contributed by atoms with E-state index in [0.29, 0.717) is 6.04 Å². The Bertz CT molecular complexity index is 240. The first kappa shape index (κ1) is 10.9. The lowest BCUT2D eigenvalue weighted by molar-refractivity contribution is -0.126. The lowest BCUT2D eigenvalue weighted by Crippen LogP contribution is -2.52. The van der Waals surface area contributed by atoms with Crippen LogP contribution in [0.5, 0.6) is 0 Å². The first-order chi connectivity index (χ1) is 7.16. The van der Waals surface area contributed by atoms with E-state index in [9.17, 15) is 4.79 Å². The monoisotopic (exact) mass is 211 g/mol. The van der Waals surface area contributed by atoms with Crippen LogP contribution >= 0.6 is 0 Å². The van der Waals surface area contributed by atoms with Gasteiger partial charge in [0.05, 0.1) is 6.04 Å². The highest BCUT2D eigenvalue weighted by Crippen LogP contribution is 2.19. The summed E-state index contributed by atoms with van der Waals surface area (Å²) in [7, 11) is 0. The molecule has 0 aromatic heterocycles. The lowest BCUT2D eigenvalue weighted by Gasteiger charge is -2.34. The van der Waals surface area contributed by atoms with Crippen LogP contribution < -0.4 is 11.1 Å². The van der Waals surface area contributed by atoms with Crippen molar-refractivity contribution in [2.45, 2.75) is 50.7 Å². The van der Waals surface area contributed by atoms with Gasteiger partial charge in [-0.2, -0.15) is 0 Å². The van der Waals surface area contributed by atoms with Crippen LogP contribution in [-0.4, -0.2) is 42.0 Å². The molecule has 0 spiro atoms. The average molecular weight is 211 g/mol. The number of hydrogen-bond acceptors (Lipinski definition) is 3. The van der Waals surface area contributed by atoms with Crippen LogP contribution in [0.4, 0.5) is 0 Å². The van der Waals surface area contributed by atoms with E-state index in [0.717, 1.165) is 38.8 Å². The summed E-state index contributed by atoms with van der Waals surface area (Å²) in [6.07, 6.45) is 4.51. The van der Waals surface area contributed by atoms with E-state index in [-0.39, 0.29) is 18.0 Å². The van der Waals surface area contributed by atoms with Gasteiger partial charge in [-0.1, -0.05) is 0 Å². The normalized spacial score (nSPS) is 29.9. The molecule has 86 valence electrons. The standard InChI is InChI=1S/C11H21N3O/c1-8(11(15)13-10-4-5-10)14-6-2-3-9(12)7-14/h8-10H,2-7,12H2,1H3,(H,13,15)/t8?,9-/m1/s1. The van der Waals surface area contributed by atoms with Crippen LogP contribution in [0, 0.1) is 0 Å². The average Bonchev–Trinajstić information content (AvgIpc) is 3.00. The van der Waals surface area contributed by atoms with Crippen molar-refractivity contribution in [3.63, 3.8) is 0 Å². The van der Waals surface area contributed by atoms with Crippen molar-refractivity contribution in [1.29, 1.82) is 0 Å². The van der Waals surface area contributed by atoms with Crippen molar-refractivity contribution in [3.8, 4) is 0 Å². The number of nitrogens with zero attached hydrogens (tertiary/aromatic N) is 1. The maximum absolute atomic E-state index is 11.8. The maximum Gasteiger partial charge on any atom is 0.237 e. The van der Waals surface area contributed by atoms with E-state index in [4.69, 9.17) is 5.73 Å². The molecule has 0 aromatic rings. The van der Waals surface area contributed by atoms with Gasteiger partial charge in [0.1, 0.15) is 0 Å². The predicted octanol–water partition coefficient (Wildman–Crippen LogP) is 0.0766. The van der Waals surface area contributed by atoms with Gasteiger partial charge in [-0.25, -0.2) is 0 Å². The second kappa shape index (κ2) is 4.49. The Labute approximate surface area is 91.2 Å². The highest BCUT2D eigenvalue weighted by Gasteiger charge is 2.29. The smallest absolute Gasteiger partial charge is 0.237 e. The summed E-state index contributed by atoms with van der Waals surface area (Å²) in [6.45, 7) is 3.85. The summed E-state index contributed by atoms with van der Waals surface area (Å²) < 4.78 is 0. The predicted molar refractivity (Wildman–Crippen MR) is 59.4 cm³/mol. The fourth-order valence-electron chi connectivity index (χ4n) is 2.11. The fraction of sp³-hybridized carbons (Fsp3) is 0.909. The number of hydrogen-bond donors (Lipinski definition) is 2. The summed E-state index contributed by atoms with van der Waals surface area (Å²) >= 11 is 0. The molecule has 1 unspecified atom stereocenters. The van der Waals surface area contributed by atoms with E-state index in [1.165, 1.54) is 0 Å². The number of carbonyl (C=O) groups is 1. The molecule has 15 heavy (non-hydrogen) atoms. The number of nitrogens with two attached hydrogens (primary N) is 1. The molecule has 1 aliphatic heterocycles. The van der Waals surface area contributed by atoms with Crippen molar-refractivity contribution in [3.05, 3.63) is 0 Å². The first-order valence-corrected chi connectivity index (χ1v) is 5.97. The SMILES string of the molecule is CC(C(=O)NC1CC1)N1CCC[C@@H](N)C1. The number of piperidine rings is 1.